The molecule has 0 aliphatic carbocycles. The van der Waals surface area contributed by atoms with E-state index in [0.717, 1.165) is 48.6 Å². The molecule has 2 heterocycles. The molecule has 0 radical (unpaired) electrons. The van der Waals surface area contributed by atoms with E-state index in [9.17, 15) is 4.79 Å². The summed E-state index contributed by atoms with van der Waals surface area (Å²) in [5.74, 6) is 1.69. The molecule has 2 aromatic carbocycles. The Kier molecular flexibility index (Phi) is 7.56. The van der Waals surface area contributed by atoms with Crippen molar-refractivity contribution in [3.8, 4) is 0 Å². The number of para-hydroxylation sites is 1. The quantitative estimate of drug-likeness (QED) is 0.538. The minimum absolute atomic E-state index is 0.121. The third-order valence-corrected chi connectivity index (χ3v) is 6.21. The largest absolute Gasteiger partial charge is 0.367 e. The lowest BCUT2D eigenvalue weighted by atomic mass is 9.81. The van der Waals surface area contributed by atoms with Crippen LogP contribution in [0.15, 0.2) is 71.3 Å². The van der Waals surface area contributed by atoms with Crippen LogP contribution in [0, 0.1) is 11.8 Å². The fourth-order valence-corrected chi connectivity index (χ4v) is 4.39. The fraction of sp³-hybridized carbons (Fsp3) is 0.385. The first-order chi connectivity index (χ1) is 15.7. The molecule has 6 nitrogen and oxygen atoms in total. The molecule has 0 bridgehead atoms. The van der Waals surface area contributed by atoms with Crippen molar-refractivity contribution < 1.29 is 9.32 Å². The Morgan fingerprint density at radius 2 is 1.88 bits per heavy atom. The molecular formula is C26H32N4O2. The Morgan fingerprint density at radius 3 is 2.66 bits per heavy atom. The van der Waals surface area contributed by atoms with Crippen LogP contribution in [0.3, 0.4) is 0 Å². The number of nitrogens with zero attached hydrogens (tertiary/aromatic N) is 2. The number of hydrogen-bond donors (Lipinski definition) is 2. The molecule has 1 aliphatic rings. The molecule has 3 aromatic rings. The number of rotatable bonds is 9. The summed E-state index contributed by atoms with van der Waals surface area (Å²) in [6.45, 7) is 3.12. The Hall–Kier alpha value is -3.12. The first kappa shape index (κ1) is 22.1. The number of anilines is 1. The van der Waals surface area contributed by atoms with Gasteiger partial charge in [-0.3, -0.25) is 4.79 Å². The number of amides is 1. The molecule has 0 spiro atoms. The maximum atomic E-state index is 12.6. The molecule has 1 fully saturated rings. The average molecular weight is 433 g/mol. The lowest BCUT2D eigenvalue weighted by Gasteiger charge is -2.31. The zero-order valence-electron chi connectivity index (χ0n) is 18.7. The van der Waals surface area contributed by atoms with Gasteiger partial charge in [0.2, 0.25) is 5.91 Å². The summed E-state index contributed by atoms with van der Waals surface area (Å²) < 4.78 is 5.61. The van der Waals surface area contributed by atoms with Crippen molar-refractivity contribution in [2.45, 2.75) is 32.4 Å². The van der Waals surface area contributed by atoms with Crippen LogP contribution in [0.5, 0.6) is 0 Å². The van der Waals surface area contributed by atoms with Gasteiger partial charge in [-0.05, 0) is 55.5 Å². The van der Waals surface area contributed by atoms with Crippen molar-refractivity contribution >= 4 is 11.6 Å². The molecule has 2 unspecified atom stereocenters. The normalized spacial score (nSPS) is 18.3. The number of nitrogens with one attached hydrogen (secondary N) is 2. The van der Waals surface area contributed by atoms with Crippen molar-refractivity contribution in [2.75, 3.05) is 25.0 Å². The summed E-state index contributed by atoms with van der Waals surface area (Å²) in [6.07, 6.45) is 2.38. The number of benzene rings is 2. The topological polar surface area (TPSA) is 70.4 Å². The highest BCUT2D eigenvalue weighted by Crippen LogP contribution is 2.26. The van der Waals surface area contributed by atoms with E-state index in [0.29, 0.717) is 31.3 Å². The molecule has 1 saturated heterocycles. The fourth-order valence-electron chi connectivity index (χ4n) is 4.39. The van der Waals surface area contributed by atoms with E-state index < -0.39 is 0 Å². The molecule has 2 N–H and O–H groups in total. The smallest absolute Gasteiger partial charge is 0.220 e. The van der Waals surface area contributed by atoms with Gasteiger partial charge in [-0.1, -0.05) is 53.7 Å². The maximum Gasteiger partial charge on any atom is 0.220 e. The van der Waals surface area contributed by atoms with Crippen LogP contribution in [-0.2, 0) is 24.3 Å². The van der Waals surface area contributed by atoms with E-state index in [1.165, 1.54) is 0 Å². The second-order valence-electron chi connectivity index (χ2n) is 8.66. The zero-order valence-corrected chi connectivity index (χ0v) is 18.7. The second kappa shape index (κ2) is 11.0. The second-order valence-corrected chi connectivity index (χ2v) is 8.66. The third kappa shape index (κ3) is 6.20. The van der Waals surface area contributed by atoms with Crippen LogP contribution in [0.1, 0.15) is 29.9 Å². The lowest BCUT2D eigenvalue weighted by Crippen LogP contribution is -2.40. The minimum Gasteiger partial charge on any atom is -0.367 e. The predicted molar refractivity (Wildman–Crippen MR) is 126 cm³/mol. The summed E-state index contributed by atoms with van der Waals surface area (Å²) in [6, 6.07) is 22.3. The number of hydrogen-bond acceptors (Lipinski definition) is 5. The van der Waals surface area contributed by atoms with Gasteiger partial charge < -0.3 is 20.1 Å². The van der Waals surface area contributed by atoms with Crippen LogP contribution in [-0.4, -0.2) is 31.2 Å². The van der Waals surface area contributed by atoms with Crippen molar-refractivity contribution in [3.05, 3.63) is 83.7 Å². The van der Waals surface area contributed by atoms with E-state index in [-0.39, 0.29) is 5.91 Å². The molecule has 6 heteroatoms. The van der Waals surface area contributed by atoms with E-state index in [1.54, 1.807) is 0 Å². The monoisotopic (exact) mass is 432 g/mol. The maximum absolute atomic E-state index is 12.6. The highest BCUT2D eigenvalue weighted by molar-refractivity contribution is 5.76. The van der Waals surface area contributed by atoms with Crippen LogP contribution in [0.2, 0.25) is 0 Å². The summed E-state index contributed by atoms with van der Waals surface area (Å²) in [5.41, 5.74) is 3.23. The lowest BCUT2D eigenvalue weighted by molar-refractivity contribution is -0.122. The van der Waals surface area contributed by atoms with E-state index >= 15 is 0 Å². The molecule has 1 aromatic heterocycles. The Morgan fingerprint density at radius 1 is 1.12 bits per heavy atom. The van der Waals surface area contributed by atoms with Gasteiger partial charge in [0.15, 0.2) is 5.76 Å². The Labute approximate surface area is 190 Å². The van der Waals surface area contributed by atoms with Gasteiger partial charge in [-0.15, -0.1) is 0 Å². The number of carbonyl (C=O) groups excluding carboxylic acids is 1. The molecule has 1 amide bonds. The first-order valence-electron chi connectivity index (χ1n) is 11.4. The van der Waals surface area contributed by atoms with Gasteiger partial charge in [0.05, 0.1) is 12.2 Å². The van der Waals surface area contributed by atoms with Gasteiger partial charge >= 0.3 is 0 Å². The summed E-state index contributed by atoms with van der Waals surface area (Å²) in [5, 5.41) is 10.9. The number of aromatic nitrogens is 1. The Bertz CT molecular complexity index is 974. The highest BCUT2D eigenvalue weighted by Gasteiger charge is 2.28. The van der Waals surface area contributed by atoms with Crippen molar-refractivity contribution in [1.29, 1.82) is 0 Å². The molecule has 0 saturated carbocycles. The summed E-state index contributed by atoms with van der Waals surface area (Å²) >= 11 is 0. The molecule has 4 rings (SSSR count). The van der Waals surface area contributed by atoms with Crippen LogP contribution >= 0.6 is 0 Å². The van der Waals surface area contributed by atoms with Crippen LogP contribution in [0.25, 0.3) is 0 Å². The van der Waals surface area contributed by atoms with E-state index in [4.69, 9.17) is 4.52 Å². The third-order valence-electron chi connectivity index (χ3n) is 6.21. The Balaban J connectivity index is 1.30. The van der Waals surface area contributed by atoms with E-state index in [2.05, 4.69) is 38.9 Å². The molecule has 1 aliphatic heterocycles. The van der Waals surface area contributed by atoms with Gasteiger partial charge in [0.25, 0.3) is 0 Å². The summed E-state index contributed by atoms with van der Waals surface area (Å²) in [4.78, 5) is 14.7. The first-order valence-corrected chi connectivity index (χ1v) is 11.4. The van der Waals surface area contributed by atoms with Crippen molar-refractivity contribution in [1.82, 2.24) is 15.8 Å². The highest BCUT2D eigenvalue weighted by atomic mass is 16.5. The molecule has 32 heavy (non-hydrogen) atoms. The van der Waals surface area contributed by atoms with Gasteiger partial charge in [-0.25, -0.2) is 0 Å². The van der Waals surface area contributed by atoms with E-state index in [1.807, 2.05) is 55.6 Å². The standard InChI is InChI=1S/C26H32N4O2/c1-30(24-10-6-3-7-11-24)19-25-16-23(29-32-25)14-22-18-27-13-12-21(22)15-26(31)28-17-20-8-4-2-5-9-20/h2-11,16,21-22,27H,12-15,17-19H2,1H3,(H,28,31). The minimum atomic E-state index is 0.121. The number of piperidine rings is 1. The molecular weight excluding hydrogens is 400 g/mol. The molecule has 2 atom stereocenters. The van der Waals surface area contributed by atoms with Gasteiger partial charge in [0, 0.05) is 31.8 Å². The van der Waals surface area contributed by atoms with Crippen LogP contribution < -0.4 is 15.5 Å². The zero-order chi connectivity index (χ0) is 22.2. The average Bonchev–Trinajstić information content (AvgIpc) is 3.27. The molecule has 168 valence electrons. The van der Waals surface area contributed by atoms with Crippen molar-refractivity contribution in [3.63, 3.8) is 0 Å². The predicted octanol–water partition coefficient (Wildman–Crippen LogP) is 3.79. The van der Waals surface area contributed by atoms with Gasteiger partial charge in [0.1, 0.15) is 0 Å². The van der Waals surface area contributed by atoms with Crippen LogP contribution in [0.4, 0.5) is 5.69 Å². The SMILES string of the molecule is CN(Cc1cc(CC2CNCCC2CC(=O)NCc2ccccc2)no1)c1ccccc1. The number of carbonyl (C=O) groups is 1. The van der Waals surface area contributed by atoms with Crippen molar-refractivity contribution in [2.24, 2.45) is 11.8 Å². The summed E-state index contributed by atoms with van der Waals surface area (Å²) in [7, 11) is 2.05. The van der Waals surface area contributed by atoms with Gasteiger partial charge in [-0.2, -0.15) is 0 Å².